The van der Waals surface area contributed by atoms with E-state index in [0.29, 0.717) is 6.54 Å². The lowest BCUT2D eigenvalue weighted by atomic mass is 10.1. The molecule has 2 N–H and O–H groups in total. The Morgan fingerprint density at radius 3 is 2.06 bits per heavy atom. The number of hydrogen-bond donors (Lipinski definition) is 2. The van der Waals surface area contributed by atoms with Crippen molar-refractivity contribution in [1.82, 2.24) is 10.2 Å². The predicted octanol–water partition coefficient (Wildman–Crippen LogP) is 6.03. The van der Waals surface area contributed by atoms with E-state index < -0.39 is 0 Å². The summed E-state index contributed by atoms with van der Waals surface area (Å²) in [6, 6.07) is 28.1. The Morgan fingerprint density at radius 1 is 0.719 bits per heavy atom. The summed E-state index contributed by atoms with van der Waals surface area (Å²) < 4.78 is 0. The second-order valence-electron chi connectivity index (χ2n) is 7.91. The normalized spacial score (nSPS) is 10.8. The molecule has 0 heterocycles. The summed E-state index contributed by atoms with van der Waals surface area (Å²) in [6.45, 7) is 3.63. The number of rotatable bonds is 12. The molecule has 0 bridgehead atoms. The van der Waals surface area contributed by atoms with Gasteiger partial charge >= 0.3 is 6.03 Å². The number of hydrogen-bond acceptors (Lipinski definition) is 2. The van der Waals surface area contributed by atoms with Gasteiger partial charge < -0.3 is 15.5 Å². The number of aryl methyl sites for hydroxylation is 1. The first-order chi connectivity index (χ1) is 15.7. The van der Waals surface area contributed by atoms with Gasteiger partial charge in [-0.25, -0.2) is 4.79 Å². The van der Waals surface area contributed by atoms with E-state index in [-0.39, 0.29) is 6.03 Å². The van der Waals surface area contributed by atoms with Crippen LogP contribution in [0.15, 0.2) is 84.9 Å². The molecule has 0 atom stereocenters. The van der Waals surface area contributed by atoms with Crippen LogP contribution in [0, 0.1) is 0 Å². The largest absolute Gasteiger partial charge is 0.338 e. The summed E-state index contributed by atoms with van der Waals surface area (Å²) in [5.74, 6) is 0. The molecule has 0 aliphatic carbocycles. The zero-order valence-electron chi connectivity index (χ0n) is 18.5. The Kier molecular flexibility index (Phi) is 10.1. The van der Waals surface area contributed by atoms with Crippen LogP contribution in [0.4, 0.5) is 10.5 Å². The van der Waals surface area contributed by atoms with Crippen LogP contribution in [0.1, 0.15) is 24.0 Å². The lowest BCUT2D eigenvalue weighted by molar-refractivity contribution is 0.248. The van der Waals surface area contributed by atoms with Gasteiger partial charge in [-0.15, -0.1) is 0 Å². The van der Waals surface area contributed by atoms with Gasteiger partial charge in [0.25, 0.3) is 0 Å². The quantitative estimate of drug-likeness (QED) is 0.331. The van der Waals surface area contributed by atoms with Crippen molar-refractivity contribution in [3.8, 4) is 0 Å². The highest BCUT2D eigenvalue weighted by atomic mass is 35.5. The molecule has 32 heavy (non-hydrogen) atoms. The van der Waals surface area contributed by atoms with E-state index in [1.54, 1.807) is 0 Å². The molecule has 0 fully saturated rings. The third kappa shape index (κ3) is 9.13. The van der Waals surface area contributed by atoms with Gasteiger partial charge in [-0.05, 0) is 74.2 Å². The van der Waals surface area contributed by atoms with Crippen LogP contribution in [-0.4, -0.2) is 37.1 Å². The zero-order chi connectivity index (χ0) is 22.4. The van der Waals surface area contributed by atoms with Gasteiger partial charge in [-0.1, -0.05) is 72.3 Å². The molecule has 4 nitrogen and oxygen atoms in total. The lowest BCUT2D eigenvalue weighted by Crippen LogP contribution is -2.34. The number of halogens is 1. The summed E-state index contributed by atoms with van der Waals surface area (Å²) in [4.78, 5) is 14.6. The van der Waals surface area contributed by atoms with Gasteiger partial charge in [0, 0.05) is 23.8 Å². The predicted molar refractivity (Wildman–Crippen MR) is 134 cm³/mol. The summed E-state index contributed by atoms with van der Waals surface area (Å²) in [5, 5.41) is 6.59. The van der Waals surface area contributed by atoms with Gasteiger partial charge in [0.2, 0.25) is 0 Å². The molecule has 0 radical (unpaired) electrons. The highest BCUT2D eigenvalue weighted by Gasteiger charge is 2.07. The van der Waals surface area contributed by atoms with Crippen LogP contribution < -0.4 is 10.6 Å². The first kappa shape index (κ1) is 23.8. The molecule has 0 saturated carbocycles. The topological polar surface area (TPSA) is 44.4 Å². The van der Waals surface area contributed by atoms with Crippen molar-refractivity contribution in [3.05, 3.63) is 101 Å². The highest BCUT2D eigenvalue weighted by molar-refractivity contribution is 6.30. The van der Waals surface area contributed by atoms with E-state index in [1.165, 1.54) is 11.1 Å². The van der Waals surface area contributed by atoms with Crippen LogP contribution in [-0.2, 0) is 12.8 Å². The van der Waals surface area contributed by atoms with Crippen LogP contribution in [0.25, 0.3) is 0 Å². The van der Waals surface area contributed by atoms with Crippen LogP contribution in [0.5, 0.6) is 0 Å². The van der Waals surface area contributed by atoms with Gasteiger partial charge in [0.1, 0.15) is 0 Å². The molecular formula is C27H32ClN3O. The second-order valence-corrected chi connectivity index (χ2v) is 8.34. The molecule has 0 aliphatic heterocycles. The van der Waals surface area contributed by atoms with E-state index in [9.17, 15) is 4.79 Å². The van der Waals surface area contributed by atoms with Gasteiger partial charge in [-0.2, -0.15) is 0 Å². The number of urea groups is 1. The van der Waals surface area contributed by atoms with Crippen molar-refractivity contribution in [2.45, 2.75) is 25.7 Å². The Labute approximate surface area is 196 Å². The van der Waals surface area contributed by atoms with Crippen molar-refractivity contribution in [3.63, 3.8) is 0 Å². The Morgan fingerprint density at radius 2 is 1.34 bits per heavy atom. The molecule has 168 valence electrons. The van der Waals surface area contributed by atoms with Crippen molar-refractivity contribution in [1.29, 1.82) is 0 Å². The van der Waals surface area contributed by atoms with Gasteiger partial charge in [0.15, 0.2) is 0 Å². The fourth-order valence-corrected chi connectivity index (χ4v) is 3.75. The molecule has 0 unspecified atom stereocenters. The number of para-hydroxylation sites is 1. The molecule has 2 amide bonds. The molecule has 3 aromatic rings. The van der Waals surface area contributed by atoms with E-state index >= 15 is 0 Å². The number of carbonyl (C=O) groups excluding carboxylic acids is 1. The molecule has 5 heteroatoms. The van der Waals surface area contributed by atoms with Crippen molar-refractivity contribution in [2.24, 2.45) is 0 Å². The summed E-state index contributed by atoms with van der Waals surface area (Å²) in [5.41, 5.74) is 3.47. The summed E-state index contributed by atoms with van der Waals surface area (Å²) in [7, 11) is 0. The SMILES string of the molecule is O=C(NCCCN(CCCc1ccccc1)CCc1ccc(Cl)cc1)Nc1ccccc1. The van der Waals surface area contributed by atoms with E-state index in [1.807, 2.05) is 42.5 Å². The number of amides is 2. The van der Waals surface area contributed by atoms with Crippen molar-refractivity contribution in [2.75, 3.05) is 31.5 Å². The number of anilines is 1. The van der Waals surface area contributed by atoms with E-state index in [0.717, 1.165) is 56.0 Å². The third-order valence-corrected chi connectivity index (χ3v) is 5.63. The fourth-order valence-electron chi connectivity index (χ4n) is 3.63. The minimum Gasteiger partial charge on any atom is -0.338 e. The average Bonchev–Trinajstić information content (AvgIpc) is 2.82. The minimum atomic E-state index is -0.159. The lowest BCUT2D eigenvalue weighted by Gasteiger charge is -2.22. The fraction of sp³-hybridized carbons (Fsp3) is 0.296. The molecule has 3 aromatic carbocycles. The first-order valence-electron chi connectivity index (χ1n) is 11.3. The van der Waals surface area contributed by atoms with Crippen LogP contribution >= 0.6 is 11.6 Å². The summed E-state index contributed by atoms with van der Waals surface area (Å²) in [6.07, 6.45) is 4.10. The molecule has 0 spiro atoms. The number of carbonyl (C=O) groups is 1. The Hall–Kier alpha value is -2.82. The molecule has 0 aromatic heterocycles. The maximum atomic E-state index is 12.1. The molecular weight excluding hydrogens is 418 g/mol. The minimum absolute atomic E-state index is 0.159. The Bertz CT molecular complexity index is 917. The zero-order valence-corrected chi connectivity index (χ0v) is 19.2. The number of nitrogens with zero attached hydrogens (tertiary/aromatic N) is 1. The standard InChI is InChI=1S/C27H32ClN3O/c28-25-16-14-24(15-17-25)18-22-31(20-7-11-23-9-3-1-4-10-23)21-8-19-29-27(32)30-26-12-5-2-6-13-26/h1-6,9-10,12-17H,7-8,11,18-22H2,(H2,29,30,32). The highest BCUT2D eigenvalue weighted by Crippen LogP contribution is 2.11. The Balaban J connectivity index is 1.42. The smallest absolute Gasteiger partial charge is 0.319 e. The van der Waals surface area contributed by atoms with Gasteiger partial charge in [0.05, 0.1) is 0 Å². The van der Waals surface area contributed by atoms with Crippen LogP contribution in [0.3, 0.4) is 0 Å². The second kappa shape index (κ2) is 13.6. The molecule has 3 rings (SSSR count). The van der Waals surface area contributed by atoms with Crippen LogP contribution in [0.2, 0.25) is 5.02 Å². The average molecular weight is 450 g/mol. The van der Waals surface area contributed by atoms with E-state index in [4.69, 9.17) is 11.6 Å². The summed E-state index contributed by atoms with van der Waals surface area (Å²) >= 11 is 6.01. The van der Waals surface area contributed by atoms with Crippen molar-refractivity contribution < 1.29 is 4.79 Å². The molecule has 0 saturated heterocycles. The number of benzene rings is 3. The number of nitrogens with one attached hydrogen (secondary N) is 2. The maximum Gasteiger partial charge on any atom is 0.319 e. The monoisotopic (exact) mass is 449 g/mol. The van der Waals surface area contributed by atoms with Gasteiger partial charge in [-0.3, -0.25) is 0 Å². The van der Waals surface area contributed by atoms with Crippen molar-refractivity contribution >= 4 is 23.3 Å². The molecule has 0 aliphatic rings. The first-order valence-corrected chi connectivity index (χ1v) is 11.7. The third-order valence-electron chi connectivity index (χ3n) is 5.38. The van der Waals surface area contributed by atoms with E-state index in [2.05, 4.69) is 58.0 Å². The maximum absolute atomic E-state index is 12.1.